The molecule has 1 aliphatic rings. The van der Waals surface area contributed by atoms with E-state index in [4.69, 9.17) is 0 Å². The number of rotatable bonds is 4. The number of ketones is 1. The van der Waals surface area contributed by atoms with Crippen LogP contribution in [0.1, 0.15) is 40.0 Å². The number of aromatic amines is 2. The van der Waals surface area contributed by atoms with Crippen LogP contribution >= 0.6 is 0 Å². The molecule has 0 bridgehead atoms. The van der Waals surface area contributed by atoms with Crippen molar-refractivity contribution in [3.05, 3.63) is 57.0 Å². The molecule has 0 fully saturated rings. The Hall–Kier alpha value is -2.63. The van der Waals surface area contributed by atoms with Crippen LogP contribution in [0.4, 0.5) is 0 Å². The summed E-state index contributed by atoms with van der Waals surface area (Å²) in [6, 6.07) is 7.35. The van der Waals surface area contributed by atoms with E-state index in [0.717, 1.165) is 11.3 Å². The van der Waals surface area contributed by atoms with Crippen LogP contribution in [0.3, 0.4) is 0 Å². The summed E-state index contributed by atoms with van der Waals surface area (Å²) in [7, 11) is 0. The minimum atomic E-state index is -0.173. The lowest BCUT2D eigenvalue weighted by molar-refractivity contribution is -0.132. The molecule has 6 nitrogen and oxygen atoms in total. The molecule has 0 spiro atoms. The molecule has 1 aromatic heterocycles. The highest BCUT2D eigenvalue weighted by Gasteiger charge is 2.24. The molecule has 0 unspecified atom stereocenters. The van der Waals surface area contributed by atoms with E-state index < -0.39 is 0 Å². The number of nitrogens with one attached hydrogen (secondary N) is 2. The molecule has 6 heteroatoms. The highest BCUT2D eigenvalue weighted by atomic mass is 16.2. The lowest BCUT2D eigenvalue weighted by atomic mass is 10.0. The number of H-pyrrole nitrogens is 2. The van der Waals surface area contributed by atoms with Gasteiger partial charge in [0, 0.05) is 37.1 Å². The zero-order chi connectivity index (χ0) is 16.4. The van der Waals surface area contributed by atoms with Gasteiger partial charge in [0.1, 0.15) is 0 Å². The second-order valence-corrected chi connectivity index (χ2v) is 5.89. The normalized spacial score (nSPS) is 13.7. The van der Waals surface area contributed by atoms with Crippen molar-refractivity contribution in [3.8, 4) is 0 Å². The average Bonchev–Trinajstić information content (AvgIpc) is 2.93. The number of amides is 1. The molecule has 2 aromatic rings. The zero-order valence-electron chi connectivity index (χ0n) is 13.0. The number of hydrogen-bond donors (Lipinski definition) is 2. The predicted molar refractivity (Wildman–Crippen MR) is 85.3 cm³/mol. The van der Waals surface area contributed by atoms with E-state index >= 15 is 0 Å². The molecule has 0 atom stereocenters. The first-order valence-corrected chi connectivity index (χ1v) is 7.70. The second kappa shape index (κ2) is 6.24. The molecule has 1 aliphatic heterocycles. The van der Waals surface area contributed by atoms with E-state index in [1.807, 2.05) is 19.1 Å². The maximum atomic E-state index is 12.3. The number of benzene rings is 1. The third kappa shape index (κ3) is 3.26. The van der Waals surface area contributed by atoms with Gasteiger partial charge in [0.2, 0.25) is 5.91 Å². The fourth-order valence-electron chi connectivity index (χ4n) is 2.79. The van der Waals surface area contributed by atoms with E-state index in [1.165, 1.54) is 0 Å². The van der Waals surface area contributed by atoms with Gasteiger partial charge in [-0.05, 0) is 6.92 Å². The minimum absolute atomic E-state index is 0.0319. The predicted octanol–water partition coefficient (Wildman–Crippen LogP) is 1.56. The Morgan fingerprint density at radius 1 is 1.13 bits per heavy atom. The van der Waals surface area contributed by atoms with Gasteiger partial charge in [-0.1, -0.05) is 29.8 Å². The summed E-state index contributed by atoms with van der Waals surface area (Å²) in [6.07, 6.45) is 0.991. The quantitative estimate of drug-likeness (QED) is 0.840. The summed E-state index contributed by atoms with van der Waals surface area (Å²) in [6.45, 7) is 2.84. The highest BCUT2D eigenvalue weighted by molar-refractivity contribution is 5.98. The van der Waals surface area contributed by atoms with Crippen LogP contribution in [0.5, 0.6) is 0 Å². The summed E-state index contributed by atoms with van der Waals surface area (Å²) in [5, 5.41) is 5.37. The molecule has 23 heavy (non-hydrogen) atoms. The van der Waals surface area contributed by atoms with Gasteiger partial charge in [-0.25, -0.2) is 0 Å². The van der Waals surface area contributed by atoms with E-state index in [-0.39, 0.29) is 30.1 Å². The Bertz CT molecular complexity index is 786. The summed E-state index contributed by atoms with van der Waals surface area (Å²) < 4.78 is 0. The number of hydrogen-bond acceptors (Lipinski definition) is 3. The van der Waals surface area contributed by atoms with Gasteiger partial charge in [-0.2, -0.15) is 0 Å². The molecule has 120 valence electrons. The summed E-state index contributed by atoms with van der Waals surface area (Å²) >= 11 is 0. The molecule has 1 amide bonds. The van der Waals surface area contributed by atoms with E-state index in [0.29, 0.717) is 30.6 Å². The van der Waals surface area contributed by atoms with Crippen molar-refractivity contribution in [1.82, 2.24) is 15.1 Å². The van der Waals surface area contributed by atoms with Crippen LogP contribution in [0.15, 0.2) is 29.1 Å². The Balaban J connectivity index is 1.58. The standard InChI is InChI=1S/C17H19N3O3/c1-11-2-4-12(5-3-11)15(21)6-7-16(22)20-9-8-14-13(10-20)17(23)19-18-14/h2-5H,6-10H2,1H3,(H2,18,19,23). The van der Waals surface area contributed by atoms with Gasteiger partial charge in [0.25, 0.3) is 5.56 Å². The number of aryl methyl sites for hydroxylation is 1. The number of Topliss-reactive ketones (excluding diaryl/α,β-unsaturated/α-hetero) is 1. The summed E-state index contributed by atoms with van der Waals surface area (Å²) in [5.74, 6) is -0.118. The van der Waals surface area contributed by atoms with Gasteiger partial charge < -0.3 is 10.00 Å². The Labute approximate surface area is 133 Å². The number of carbonyl (C=O) groups is 2. The number of carbonyl (C=O) groups excluding carboxylic acids is 2. The Morgan fingerprint density at radius 3 is 2.61 bits per heavy atom. The lowest BCUT2D eigenvalue weighted by Crippen LogP contribution is -2.37. The van der Waals surface area contributed by atoms with E-state index in [2.05, 4.69) is 10.2 Å². The van der Waals surface area contributed by atoms with Gasteiger partial charge in [0.05, 0.1) is 12.1 Å². The number of fused-ring (bicyclic) bond motifs is 1. The third-order valence-corrected chi connectivity index (χ3v) is 4.24. The molecule has 0 saturated heterocycles. The average molecular weight is 313 g/mol. The van der Waals surface area contributed by atoms with E-state index in [9.17, 15) is 14.4 Å². The molecule has 1 aromatic carbocycles. The van der Waals surface area contributed by atoms with Crippen molar-refractivity contribution < 1.29 is 9.59 Å². The largest absolute Gasteiger partial charge is 0.338 e. The molecular weight excluding hydrogens is 294 g/mol. The first kappa shape index (κ1) is 15.3. The van der Waals surface area contributed by atoms with Gasteiger partial charge >= 0.3 is 0 Å². The smallest absolute Gasteiger partial charge is 0.269 e. The van der Waals surface area contributed by atoms with Crippen LogP contribution in [-0.4, -0.2) is 33.3 Å². The van der Waals surface area contributed by atoms with Crippen molar-refractivity contribution in [3.63, 3.8) is 0 Å². The van der Waals surface area contributed by atoms with Crippen LogP contribution < -0.4 is 5.56 Å². The highest BCUT2D eigenvalue weighted by Crippen LogP contribution is 2.15. The van der Waals surface area contributed by atoms with Crippen LogP contribution in [0.2, 0.25) is 0 Å². The number of aromatic nitrogens is 2. The maximum Gasteiger partial charge on any atom is 0.269 e. The topological polar surface area (TPSA) is 86.0 Å². The number of nitrogens with zero attached hydrogens (tertiary/aromatic N) is 1. The Kier molecular flexibility index (Phi) is 4.14. The molecular formula is C17H19N3O3. The van der Waals surface area contributed by atoms with Crippen LogP contribution in [-0.2, 0) is 17.8 Å². The van der Waals surface area contributed by atoms with Crippen molar-refractivity contribution >= 4 is 11.7 Å². The molecule has 2 heterocycles. The lowest BCUT2D eigenvalue weighted by Gasteiger charge is -2.26. The monoisotopic (exact) mass is 313 g/mol. The van der Waals surface area contributed by atoms with Crippen molar-refractivity contribution in [2.75, 3.05) is 6.54 Å². The SMILES string of the molecule is Cc1ccc(C(=O)CCC(=O)N2CCc3[nH][nH]c(=O)c3C2)cc1. The maximum absolute atomic E-state index is 12.3. The molecule has 0 radical (unpaired) electrons. The van der Waals surface area contributed by atoms with Crippen LogP contribution in [0, 0.1) is 6.92 Å². The van der Waals surface area contributed by atoms with Crippen molar-refractivity contribution in [2.24, 2.45) is 0 Å². The van der Waals surface area contributed by atoms with E-state index in [1.54, 1.807) is 17.0 Å². The van der Waals surface area contributed by atoms with Gasteiger partial charge in [-0.3, -0.25) is 19.5 Å². The zero-order valence-corrected chi connectivity index (χ0v) is 13.0. The second-order valence-electron chi connectivity index (χ2n) is 5.89. The molecule has 0 saturated carbocycles. The molecule has 0 aliphatic carbocycles. The summed E-state index contributed by atoms with van der Waals surface area (Å²) in [5.41, 5.74) is 3.04. The molecule has 3 rings (SSSR count). The fourth-order valence-corrected chi connectivity index (χ4v) is 2.79. The van der Waals surface area contributed by atoms with Gasteiger partial charge in [-0.15, -0.1) is 0 Å². The third-order valence-electron chi connectivity index (χ3n) is 4.24. The van der Waals surface area contributed by atoms with Crippen molar-refractivity contribution in [2.45, 2.75) is 32.7 Å². The van der Waals surface area contributed by atoms with Crippen molar-refractivity contribution in [1.29, 1.82) is 0 Å². The minimum Gasteiger partial charge on any atom is -0.338 e. The van der Waals surface area contributed by atoms with Gasteiger partial charge in [0.15, 0.2) is 5.78 Å². The van der Waals surface area contributed by atoms with Crippen LogP contribution in [0.25, 0.3) is 0 Å². The Morgan fingerprint density at radius 2 is 1.87 bits per heavy atom. The first-order chi connectivity index (χ1) is 11.0. The first-order valence-electron chi connectivity index (χ1n) is 7.70. The summed E-state index contributed by atoms with van der Waals surface area (Å²) in [4.78, 5) is 37.7. The fraction of sp³-hybridized carbons (Fsp3) is 0.353. The molecule has 2 N–H and O–H groups in total.